The van der Waals surface area contributed by atoms with Crippen LogP contribution in [-0.4, -0.2) is 44.6 Å². The lowest BCUT2D eigenvalue weighted by molar-refractivity contribution is 0.0397. The summed E-state index contributed by atoms with van der Waals surface area (Å²) in [6.07, 6.45) is 1.88. The Labute approximate surface area is 178 Å². The van der Waals surface area contributed by atoms with Gasteiger partial charge in [-0.05, 0) is 59.9 Å². The second-order valence-electron chi connectivity index (χ2n) is 7.46. The average molecular weight is 417 g/mol. The predicted octanol–water partition coefficient (Wildman–Crippen LogP) is 5.03. The van der Waals surface area contributed by atoms with Crippen LogP contribution >= 0.6 is 11.6 Å². The van der Waals surface area contributed by atoms with Gasteiger partial charge in [-0.25, -0.2) is 0 Å². The standard InChI is InChI=1S/C23H29ClN2O3/c1-16(2)20-13-21(24)17(3)11-23(20)29-15-19-12-18(5-6-22(19)27-4)14-25-26-7-9-28-10-8-26/h5-6,11-14,16H,7-10,15H2,1-4H3/b25-14+. The molecule has 0 spiro atoms. The number of benzene rings is 2. The fraction of sp³-hybridized carbons (Fsp3) is 0.435. The normalized spacial score (nSPS) is 14.6. The minimum Gasteiger partial charge on any atom is -0.496 e. The SMILES string of the molecule is COc1ccc(/C=N/N2CCOCC2)cc1COc1cc(C)c(Cl)cc1C(C)C. The summed E-state index contributed by atoms with van der Waals surface area (Å²) in [6, 6.07) is 10.0. The molecule has 1 fully saturated rings. The molecule has 0 unspecified atom stereocenters. The summed E-state index contributed by atoms with van der Waals surface area (Å²) in [5.74, 6) is 1.97. The van der Waals surface area contributed by atoms with Gasteiger partial charge >= 0.3 is 0 Å². The van der Waals surface area contributed by atoms with Gasteiger partial charge in [-0.15, -0.1) is 0 Å². The highest BCUT2D eigenvalue weighted by atomic mass is 35.5. The fourth-order valence-corrected chi connectivity index (χ4v) is 3.38. The van der Waals surface area contributed by atoms with Crippen molar-refractivity contribution in [2.45, 2.75) is 33.3 Å². The first-order valence-corrected chi connectivity index (χ1v) is 10.3. The first-order chi connectivity index (χ1) is 14.0. The molecule has 0 saturated carbocycles. The minimum absolute atomic E-state index is 0.317. The van der Waals surface area contributed by atoms with Crippen LogP contribution in [0.3, 0.4) is 0 Å². The maximum Gasteiger partial charge on any atom is 0.125 e. The van der Waals surface area contributed by atoms with E-state index in [1.807, 2.05) is 42.4 Å². The number of hydrogen-bond acceptors (Lipinski definition) is 5. The first-order valence-electron chi connectivity index (χ1n) is 9.94. The summed E-state index contributed by atoms with van der Waals surface area (Å²) in [6.45, 7) is 9.74. The maximum absolute atomic E-state index is 6.31. The van der Waals surface area contributed by atoms with Crippen LogP contribution in [0.5, 0.6) is 11.5 Å². The molecule has 0 bridgehead atoms. The number of ether oxygens (including phenoxy) is 3. The molecule has 2 aromatic rings. The van der Waals surface area contributed by atoms with Gasteiger partial charge in [-0.2, -0.15) is 5.10 Å². The van der Waals surface area contributed by atoms with E-state index in [1.165, 1.54) is 0 Å². The molecular weight excluding hydrogens is 388 g/mol. The van der Waals surface area contributed by atoms with Crippen LogP contribution in [0.25, 0.3) is 0 Å². The van der Waals surface area contributed by atoms with Crippen molar-refractivity contribution in [3.63, 3.8) is 0 Å². The molecule has 0 radical (unpaired) electrons. The van der Waals surface area contributed by atoms with E-state index in [4.69, 9.17) is 25.8 Å². The van der Waals surface area contributed by atoms with E-state index < -0.39 is 0 Å². The van der Waals surface area contributed by atoms with Crippen molar-refractivity contribution in [1.29, 1.82) is 0 Å². The molecule has 1 heterocycles. The van der Waals surface area contributed by atoms with Crippen LogP contribution < -0.4 is 9.47 Å². The number of halogens is 1. The van der Waals surface area contributed by atoms with E-state index in [0.29, 0.717) is 12.5 Å². The van der Waals surface area contributed by atoms with Gasteiger partial charge < -0.3 is 14.2 Å². The van der Waals surface area contributed by atoms with Crippen LogP contribution in [0.2, 0.25) is 5.02 Å². The van der Waals surface area contributed by atoms with Crippen LogP contribution in [0, 0.1) is 6.92 Å². The van der Waals surface area contributed by atoms with Crippen molar-refractivity contribution >= 4 is 17.8 Å². The maximum atomic E-state index is 6.31. The van der Waals surface area contributed by atoms with E-state index in [0.717, 1.165) is 65.1 Å². The predicted molar refractivity (Wildman–Crippen MR) is 118 cm³/mol. The number of methoxy groups -OCH3 is 1. The topological polar surface area (TPSA) is 43.3 Å². The Morgan fingerprint density at radius 2 is 1.93 bits per heavy atom. The summed E-state index contributed by atoms with van der Waals surface area (Å²) < 4.78 is 17.1. The van der Waals surface area contributed by atoms with Crippen molar-refractivity contribution in [2.24, 2.45) is 5.10 Å². The molecule has 0 aliphatic carbocycles. The van der Waals surface area contributed by atoms with Gasteiger partial charge in [0.05, 0.1) is 39.6 Å². The number of morpholine rings is 1. The van der Waals surface area contributed by atoms with Crippen molar-refractivity contribution in [3.05, 3.63) is 57.6 Å². The van der Waals surface area contributed by atoms with E-state index in [-0.39, 0.29) is 0 Å². The molecule has 3 rings (SSSR count). The highest BCUT2D eigenvalue weighted by molar-refractivity contribution is 6.31. The largest absolute Gasteiger partial charge is 0.496 e. The summed E-state index contributed by atoms with van der Waals surface area (Å²) in [4.78, 5) is 0. The summed E-state index contributed by atoms with van der Waals surface area (Å²) in [7, 11) is 1.67. The highest BCUT2D eigenvalue weighted by Gasteiger charge is 2.13. The van der Waals surface area contributed by atoms with Crippen molar-refractivity contribution < 1.29 is 14.2 Å². The Hall–Kier alpha value is -2.24. The molecule has 6 heteroatoms. The molecule has 0 atom stereocenters. The van der Waals surface area contributed by atoms with Crippen LogP contribution in [0.1, 0.15) is 42.0 Å². The van der Waals surface area contributed by atoms with Gasteiger partial charge in [0.15, 0.2) is 0 Å². The van der Waals surface area contributed by atoms with Gasteiger partial charge in [0.2, 0.25) is 0 Å². The smallest absolute Gasteiger partial charge is 0.125 e. The zero-order chi connectivity index (χ0) is 20.8. The van der Waals surface area contributed by atoms with Gasteiger partial charge in [0.1, 0.15) is 18.1 Å². The Morgan fingerprint density at radius 1 is 1.17 bits per heavy atom. The lowest BCUT2D eigenvalue weighted by atomic mass is 10.0. The Balaban J connectivity index is 1.78. The van der Waals surface area contributed by atoms with Crippen molar-refractivity contribution in [1.82, 2.24) is 5.01 Å². The van der Waals surface area contributed by atoms with E-state index in [9.17, 15) is 0 Å². The summed E-state index contributed by atoms with van der Waals surface area (Å²) in [5.41, 5.74) is 4.09. The zero-order valence-electron chi connectivity index (χ0n) is 17.6. The highest BCUT2D eigenvalue weighted by Crippen LogP contribution is 2.33. The number of hydrazone groups is 1. The second kappa shape index (κ2) is 9.99. The third kappa shape index (κ3) is 5.64. The van der Waals surface area contributed by atoms with Crippen LogP contribution in [-0.2, 0) is 11.3 Å². The molecule has 5 nitrogen and oxygen atoms in total. The van der Waals surface area contributed by atoms with Gasteiger partial charge in [0.25, 0.3) is 0 Å². The van der Waals surface area contributed by atoms with Gasteiger partial charge in [0, 0.05) is 10.6 Å². The quantitative estimate of drug-likeness (QED) is 0.594. The van der Waals surface area contributed by atoms with Crippen molar-refractivity contribution in [3.8, 4) is 11.5 Å². The monoisotopic (exact) mass is 416 g/mol. The molecule has 0 amide bonds. The van der Waals surface area contributed by atoms with E-state index in [2.05, 4.69) is 25.0 Å². The third-order valence-corrected chi connectivity index (χ3v) is 5.37. The number of hydrogen-bond donors (Lipinski definition) is 0. The van der Waals surface area contributed by atoms with Gasteiger partial charge in [-0.1, -0.05) is 25.4 Å². The minimum atomic E-state index is 0.317. The molecule has 2 aromatic carbocycles. The summed E-state index contributed by atoms with van der Waals surface area (Å²) in [5, 5.41) is 7.35. The van der Waals surface area contributed by atoms with E-state index in [1.54, 1.807) is 7.11 Å². The number of aryl methyl sites for hydroxylation is 1. The van der Waals surface area contributed by atoms with Crippen LogP contribution in [0.15, 0.2) is 35.4 Å². The second-order valence-corrected chi connectivity index (χ2v) is 7.87. The van der Waals surface area contributed by atoms with Crippen LogP contribution in [0.4, 0.5) is 0 Å². The molecule has 0 aromatic heterocycles. The number of rotatable bonds is 7. The van der Waals surface area contributed by atoms with Gasteiger partial charge in [-0.3, -0.25) is 5.01 Å². The Kier molecular flexibility index (Phi) is 7.40. The third-order valence-electron chi connectivity index (χ3n) is 4.96. The molecule has 0 N–H and O–H groups in total. The zero-order valence-corrected chi connectivity index (χ0v) is 18.3. The fourth-order valence-electron chi connectivity index (χ4n) is 3.21. The summed E-state index contributed by atoms with van der Waals surface area (Å²) >= 11 is 6.31. The Morgan fingerprint density at radius 3 is 2.62 bits per heavy atom. The first kappa shape index (κ1) is 21.5. The van der Waals surface area contributed by atoms with Crippen molar-refractivity contribution in [2.75, 3.05) is 33.4 Å². The lowest BCUT2D eigenvalue weighted by Gasteiger charge is -2.23. The molecule has 1 aliphatic heterocycles. The number of nitrogens with zero attached hydrogens (tertiary/aromatic N) is 2. The molecule has 1 saturated heterocycles. The Bertz CT molecular complexity index is 861. The molecule has 156 valence electrons. The lowest BCUT2D eigenvalue weighted by Crippen LogP contribution is -2.32. The van der Waals surface area contributed by atoms with E-state index >= 15 is 0 Å². The molecular formula is C23H29ClN2O3. The molecule has 29 heavy (non-hydrogen) atoms. The average Bonchev–Trinajstić information content (AvgIpc) is 2.73. The molecule has 1 aliphatic rings.